The average Bonchev–Trinajstić information content (AvgIpc) is 3.03. The average molecular weight is 643 g/mol. The molecule has 4 amide bonds. The molecular weight excluding hydrogens is 592 g/mol. The number of rotatable bonds is 20. The van der Waals surface area contributed by atoms with Gasteiger partial charge in [0.05, 0.1) is 11.1 Å². The number of amides is 4. The standard InChI is InChI=1S/C34H50N4O6S/c1-3-5-7-9-11-13-25-15-17-29(39)27(23-25)33(43)37-35-31(41)19-21-45-22-20-32(42)36-38-34(44)28-24-26(16-18-30(28)40)14-12-10-8-6-4-2/h15-18,23-24,39-40H,3-14,19-22H2,1-2H3,(H,35,41)(H,36,42)(H,37,43)(H,38,44). The molecule has 6 N–H and O–H groups in total. The molecule has 0 fully saturated rings. The quantitative estimate of drug-likeness (QED) is 0.0780. The van der Waals surface area contributed by atoms with Gasteiger partial charge in [0.15, 0.2) is 0 Å². The number of carbonyl (C=O) groups excluding carboxylic acids is 4. The second-order valence-electron chi connectivity index (χ2n) is 11.1. The van der Waals surface area contributed by atoms with Crippen molar-refractivity contribution >= 4 is 35.4 Å². The number of phenolic OH excluding ortho intramolecular Hbond substituents is 2. The Labute approximate surface area is 271 Å². The zero-order valence-electron chi connectivity index (χ0n) is 26.7. The summed E-state index contributed by atoms with van der Waals surface area (Å²) < 4.78 is 0. The summed E-state index contributed by atoms with van der Waals surface area (Å²) in [6.45, 7) is 4.33. The molecule has 0 unspecified atom stereocenters. The fourth-order valence-corrected chi connectivity index (χ4v) is 5.51. The number of hydrogen-bond donors (Lipinski definition) is 6. The van der Waals surface area contributed by atoms with Crippen molar-refractivity contribution in [1.82, 2.24) is 21.7 Å². The van der Waals surface area contributed by atoms with Gasteiger partial charge in [-0.2, -0.15) is 11.8 Å². The number of aryl methyl sites for hydroxylation is 2. The Hall–Kier alpha value is -3.73. The van der Waals surface area contributed by atoms with Crippen molar-refractivity contribution in [3.8, 4) is 11.5 Å². The van der Waals surface area contributed by atoms with E-state index in [0.29, 0.717) is 11.5 Å². The monoisotopic (exact) mass is 642 g/mol. The van der Waals surface area contributed by atoms with Crippen LogP contribution in [0, 0.1) is 0 Å². The minimum atomic E-state index is -0.595. The molecule has 0 saturated heterocycles. The lowest BCUT2D eigenvalue weighted by molar-refractivity contribution is -0.122. The number of aromatic hydroxyl groups is 2. The molecule has 0 aliphatic rings. The molecule has 0 aliphatic heterocycles. The van der Waals surface area contributed by atoms with Crippen LogP contribution in [0.4, 0.5) is 0 Å². The van der Waals surface area contributed by atoms with E-state index in [1.54, 1.807) is 24.3 Å². The van der Waals surface area contributed by atoms with Crippen molar-refractivity contribution in [2.45, 2.75) is 104 Å². The lowest BCUT2D eigenvalue weighted by Crippen LogP contribution is -2.42. The van der Waals surface area contributed by atoms with E-state index in [1.165, 1.54) is 62.4 Å². The normalized spacial score (nSPS) is 10.7. The van der Waals surface area contributed by atoms with Gasteiger partial charge < -0.3 is 10.2 Å². The summed E-state index contributed by atoms with van der Waals surface area (Å²) in [5, 5.41) is 20.2. The van der Waals surface area contributed by atoms with Crippen LogP contribution in [0.25, 0.3) is 0 Å². The zero-order valence-corrected chi connectivity index (χ0v) is 27.5. The summed E-state index contributed by atoms with van der Waals surface area (Å²) in [6, 6.07) is 9.89. The molecule has 11 heteroatoms. The van der Waals surface area contributed by atoms with E-state index < -0.39 is 23.6 Å². The molecule has 0 heterocycles. The molecule has 2 aromatic rings. The molecule has 0 atom stereocenters. The van der Waals surface area contributed by atoms with Crippen LogP contribution in [-0.2, 0) is 22.4 Å². The third-order valence-corrected chi connectivity index (χ3v) is 8.31. The topological polar surface area (TPSA) is 157 Å². The molecule has 0 radical (unpaired) electrons. The number of phenols is 2. The lowest BCUT2D eigenvalue weighted by Gasteiger charge is -2.11. The van der Waals surface area contributed by atoms with Crippen LogP contribution in [0.3, 0.4) is 0 Å². The first kappa shape index (κ1) is 37.5. The molecule has 45 heavy (non-hydrogen) atoms. The van der Waals surface area contributed by atoms with Crippen molar-refractivity contribution < 1.29 is 29.4 Å². The molecule has 10 nitrogen and oxygen atoms in total. The Balaban J connectivity index is 1.63. The predicted molar refractivity (Wildman–Crippen MR) is 179 cm³/mol. The molecule has 0 saturated carbocycles. The number of nitrogens with one attached hydrogen (secondary N) is 4. The Morgan fingerprint density at radius 3 is 1.38 bits per heavy atom. The van der Waals surface area contributed by atoms with Gasteiger partial charge in [-0.15, -0.1) is 0 Å². The first-order valence-corrected chi connectivity index (χ1v) is 17.3. The smallest absolute Gasteiger partial charge is 0.273 e. The maximum atomic E-state index is 12.5. The second kappa shape index (κ2) is 21.9. The van der Waals surface area contributed by atoms with Crippen molar-refractivity contribution in [3.63, 3.8) is 0 Å². The number of thioether (sulfide) groups is 1. The van der Waals surface area contributed by atoms with Gasteiger partial charge in [0, 0.05) is 24.3 Å². The van der Waals surface area contributed by atoms with Crippen molar-refractivity contribution in [1.29, 1.82) is 0 Å². The highest BCUT2D eigenvalue weighted by molar-refractivity contribution is 7.99. The molecule has 0 spiro atoms. The van der Waals surface area contributed by atoms with Crippen LogP contribution in [-0.4, -0.2) is 45.3 Å². The molecule has 0 aliphatic carbocycles. The molecule has 2 aromatic carbocycles. The van der Waals surface area contributed by atoms with Gasteiger partial charge in [-0.3, -0.25) is 40.9 Å². The van der Waals surface area contributed by atoms with Crippen molar-refractivity contribution in [2.75, 3.05) is 11.5 Å². The van der Waals surface area contributed by atoms with E-state index in [9.17, 15) is 29.4 Å². The van der Waals surface area contributed by atoms with E-state index in [0.717, 1.165) is 49.7 Å². The van der Waals surface area contributed by atoms with Crippen molar-refractivity contribution in [3.05, 3.63) is 58.7 Å². The third-order valence-electron chi connectivity index (χ3n) is 7.33. The van der Waals surface area contributed by atoms with Gasteiger partial charge in [0.1, 0.15) is 11.5 Å². The van der Waals surface area contributed by atoms with E-state index in [-0.39, 0.29) is 35.5 Å². The summed E-state index contributed by atoms with van der Waals surface area (Å²) in [6.07, 6.45) is 13.2. The van der Waals surface area contributed by atoms with E-state index in [1.807, 2.05) is 0 Å². The van der Waals surface area contributed by atoms with Gasteiger partial charge in [0.2, 0.25) is 11.8 Å². The van der Waals surface area contributed by atoms with Crippen molar-refractivity contribution in [2.24, 2.45) is 0 Å². The second-order valence-corrected chi connectivity index (χ2v) is 12.4. The van der Waals surface area contributed by atoms with Crippen LogP contribution in [0.2, 0.25) is 0 Å². The van der Waals surface area contributed by atoms with E-state index >= 15 is 0 Å². The minimum Gasteiger partial charge on any atom is -0.507 e. The third kappa shape index (κ3) is 15.2. The zero-order chi connectivity index (χ0) is 32.9. The summed E-state index contributed by atoms with van der Waals surface area (Å²) in [5.74, 6) is -1.47. The summed E-state index contributed by atoms with van der Waals surface area (Å²) in [4.78, 5) is 49.4. The molecule has 248 valence electrons. The van der Waals surface area contributed by atoms with Gasteiger partial charge in [-0.25, -0.2) is 0 Å². The Bertz CT molecular complexity index is 1150. The Morgan fingerprint density at radius 2 is 0.978 bits per heavy atom. The van der Waals surface area contributed by atoms with Crippen LogP contribution >= 0.6 is 11.8 Å². The van der Waals surface area contributed by atoms with E-state index in [2.05, 4.69) is 35.6 Å². The van der Waals surface area contributed by atoms with Crippen LogP contribution < -0.4 is 21.7 Å². The van der Waals surface area contributed by atoms with Crippen LogP contribution in [0.5, 0.6) is 11.5 Å². The van der Waals surface area contributed by atoms with Crippen LogP contribution in [0.1, 0.15) is 123 Å². The fourth-order valence-electron chi connectivity index (χ4n) is 4.65. The first-order valence-electron chi connectivity index (χ1n) is 16.1. The number of hydrazine groups is 2. The highest BCUT2D eigenvalue weighted by Gasteiger charge is 2.15. The van der Waals surface area contributed by atoms with Gasteiger partial charge >= 0.3 is 0 Å². The number of benzene rings is 2. The molecule has 0 aromatic heterocycles. The molecular formula is C34H50N4O6S. The number of carbonyl (C=O) groups is 4. The first-order chi connectivity index (χ1) is 21.7. The largest absolute Gasteiger partial charge is 0.507 e. The van der Waals surface area contributed by atoms with Crippen LogP contribution in [0.15, 0.2) is 36.4 Å². The number of hydrogen-bond acceptors (Lipinski definition) is 7. The maximum absolute atomic E-state index is 12.5. The van der Waals surface area contributed by atoms with Gasteiger partial charge in [-0.1, -0.05) is 77.3 Å². The predicted octanol–water partition coefficient (Wildman–Crippen LogP) is 5.86. The maximum Gasteiger partial charge on any atom is 0.273 e. The van der Waals surface area contributed by atoms with E-state index in [4.69, 9.17) is 0 Å². The van der Waals surface area contributed by atoms with Gasteiger partial charge in [0.25, 0.3) is 11.8 Å². The van der Waals surface area contributed by atoms with Gasteiger partial charge in [-0.05, 0) is 61.1 Å². The lowest BCUT2D eigenvalue weighted by atomic mass is 10.0. The summed E-state index contributed by atoms with van der Waals surface area (Å²) >= 11 is 1.38. The fraction of sp³-hybridized carbons (Fsp3) is 0.529. The Morgan fingerprint density at radius 1 is 0.578 bits per heavy atom. The highest BCUT2D eigenvalue weighted by atomic mass is 32.2. The Kier molecular flexibility index (Phi) is 18.2. The number of unbranched alkanes of at least 4 members (excludes halogenated alkanes) is 8. The highest BCUT2D eigenvalue weighted by Crippen LogP contribution is 2.21. The summed E-state index contributed by atoms with van der Waals surface area (Å²) in [7, 11) is 0. The minimum absolute atomic E-state index is 0.106. The summed E-state index contributed by atoms with van der Waals surface area (Å²) in [5.41, 5.74) is 11.5. The molecule has 2 rings (SSSR count). The molecule has 0 bridgehead atoms. The SMILES string of the molecule is CCCCCCCc1ccc(O)c(C(=O)NNC(=O)CCSCCC(=O)NNC(=O)c2cc(CCCCCCC)ccc2O)c1.